The van der Waals surface area contributed by atoms with Crippen LogP contribution in [0.3, 0.4) is 0 Å². The van der Waals surface area contributed by atoms with Crippen molar-refractivity contribution in [2.24, 2.45) is 5.92 Å². The molecular weight excluding hydrogens is 350 g/mol. The van der Waals surface area contributed by atoms with Crippen molar-refractivity contribution in [3.63, 3.8) is 0 Å². The van der Waals surface area contributed by atoms with Gasteiger partial charge in [0.1, 0.15) is 17.8 Å². The third-order valence-corrected chi connectivity index (χ3v) is 5.94. The van der Waals surface area contributed by atoms with Crippen LogP contribution in [0.2, 0.25) is 0 Å². The van der Waals surface area contributed by atoms with E-state index in [1.807, 2.05) is 13.8 Å². The standard InChI is InChI=1S/C18H27N5O4/c1-9(2)18(25)10(3)26-16(13(18)24)23-8-20-12-14(19)21-17(22-15(12)23)27-11-6-4-5-7-11/h8-11,13,16,24-25H,4-7H2,1-3H3,(H2,19,21,22)/t10-,13+,16-,18-/m1/s1. The predicted octanol–water partition coefficient (Wildman–Crippen LogP) is 1.40. The summed E-state index contributed by atoms with van der Waals surface area (Å²) in [7, 11) is 0. The van der Waals surface area contributed by atoms with E-state index in [9.17, 15) is 10.2 Å². The van der Waals surface area contributed by atoms with Crippen LogP contribution >= 0.6 is 0 Å². The zero-order valence-corrected chi connectivity index (χ0v) is 15.9. The molecule has 1 aliphatic carbocycles. The first-order valence-electron chi connectivity index (χ1n) is 9.55. The summed E-state index contributed by atoms with van der Waals surface area (Å²) in [6.07, 6.45) is 3.30. The number of imidazole rings is 1. The number of hydrogen-bond acceptors (Lipinski definition) is 8. The van der Waals surface area contributed by atoms with Crippen LogP contribution in [0.15, 0.2) is 6.33 Å². The van der Waals surface area contributed by atoms with Gasteiger partial charge in [0.2, 0.25) is 0 Å². The fourth-order valence-corrected chi connectivity index (χ4v) is 4.20. The highest BCUT2D eigenvalue weighted by atomic mass is 16.6. The highest BCUT2D eigenvalue weighted by Crippen LogP contribution is 2.42. The second kappa shape index (κ2) is 6.57. The fraction of sp³-hybridized carbons (Fsp3) is 0.722. The van der Waals surface area contributed by atoms with E-state index >= 15 is 0 Å². The molecule has 2 aromatic heterocycles. The van der Waals surface area contributed by atoms with Gasteiger partial charge in [-0.3, -0.25) is 4.57 Å². The smallest absolute Gasteiger partial charge is 0.320 e. The fourth-order valence-electron chi connectivity index (χ4n) is 4.20. The Bertz CT molecular complexity index is 835. The Morgan fingerprint density at radius 2 is 2.04 bits per heavy atom. The zero-order valence-electron chi connectivity index (χ0n) is 15.9. The molecule has 1 saturated carbocycles. The lowest BCUT2D eigenvalue weighted by atomic mass is 9.82. The van der Waals surface area contributed by atoms with Crippen molar-refractivity contribution in [3.8, 4) is 6.01 Å². The monoisotopic (exact) mass is 377 g/mol. The van der Waals surface area contributed by atoms with Crippen molar-refractivity contribution < 1.29 is 19.7 Å². The van der Waals surface area contributed by atoms with Gasteiger partial charge in [0.05, 0.1) is 12.4 Å². The Balaban J connectivity index is 1.71. The van der Waals surface area contributed by atoms with Gasteiger partial charge in [0.15, 0.2) is 23.2 Å². The lowest BCUT2D eigenvalue weighted by molar-refractivity contribution is -0.104. The predicted molar refractivity (Wildman–Crippen MR) is 98.0 cm³/mol. The highest BCUT2D eigenvalue weighted by molar-refractivity contribution is 5.82. The van der Waals surface area contributed by atoms with Crippen molar-refractivity contribution in [2.75, 3.05) is 5.73 Å². The number of nitrogens with zero attached hydrogens (tertiary/aromatic N) is 4. The lowest BCUT2D eigenvalue weighted by Gasteiger charge is -2.33. The van der Waals surface area contributed by atoms with Crippen LogP contribution in [0.1, 0.15) is 52.7 Å². The molecule has 1 aliphatic heterocycles. The van der Waals surface area contributed by atoms with E-state index in [-0.39, 0.29) is 23.9 Å². The van der Waals surface area contributed by atoms with Crippen molar-refractivity contribution in [1.29, 1.82) is 0 Å². The molecule has 0 spiro atoms. The number of aliphatic hydroxyl groups excluding tert-OH is 1. The van der Waals surface area contributed by atoms with Gasteiger partial charge in [-0.05, 0) is 38.5 Å². The Morgan fingerprint density at radius 3 is 2.67 bits per heavy atom. The molecule has 4 rings (SSSR count). The first-order valence-corrected chi connectivity index (χ1v) is 9.55. The van der Waals surface area contributed by atoms with Gasteiger partial charge in [0.25, 0.3) is 0 Å². The topological polar surface area (TPSA) is 129 Å². The molecule has 0 aromatic carbocycles. The molecule has 0 bridgehead atoms. The van der Waals surface area contributed by atoms with Gasteiger partial charge in [-0.25, -0.2) is 4.98 Å². The minimum Gasteiger partial charge on any atom is -0.460 e. The third kappa shape index (κ3) is 2.84. The molecule has 148 valence electrons. The summed E-state index contributed by atoms with van der Waals surface area (Å²) in [4.78, 5) is 13.0. The largest absolute Gasteiger partial charge is 0.460 e. The molecule has 0 radical (unpaired) electrons. The third-order valence-electron chi connectivity index (χ3n) is 5.94. The molecule has 2 aliphatic rings. The molecule has 4 N–H and O–H groups in total. The maximum absolute atomic E-state index is 11.0. The molecule has 0 amide bonds. The average molecular weight is 377 g/mol. The molecule has 27 heavy (non-hydrogen) atoms. The van der Waals surface area contributed by atoms with Crippen LogP contribution in [0.4, 0.5) is 5.82 Å². The first kappa shape index (κ1) is 18.4. The average Bonchev–Trinajstić information content (AvgIpc) is 3.32. The molecule has 0 unspecified atom stereocenters. The second-order valence-electron chi connectivity index (χ2n) is 7.90. The van der Waals surface area contributed by atoms with Crippen molar-refractivity contribution in [2.45, 2.75) is 76.6 Å². The maximum Gasteiger partial charge on any atom is 0.320 e. The van der Waals surface area contributed by atoms with Gasteiger partial charge in [-0.15, -0.1) is 0 Å². The number of aromatic nitrogens is 4. The minimum absolute atomic E-state index is 0.0950. The Labute approximate surface area is 157 Å². The summed E-state index contributed by atoms with van der Waals surface area (Å²) in [5, 5.41) is 21.8. The summed E-state index contributed by atoms with van der Waals surface area (Å²) in [5.74, 6) is 0.0228. The number of fused-ring (bicyclic) bond motifs is 1. The van der Waals surface area contributed by atoms with E-state index in [0.29, 0.717) is 11.2 Å². The number of aliphatic hydroxyl groups is 2. The highest BCUT2D eigenvalue weighted by Gasteiger charge is 2.56. The Kier molecular flexibility index (Phi) is 4.48. The summed E-state index contributed by atoms with van der Waals surface area (Å²) in [6, 6.07) is 0.202. The van der Waals surface area contributed by atoms with E-state index in [4.69, 9.17) is 15.2 Å². The van der Waals surface area contributed by atoms with Crippen molar-refractivity contribution in [1.82, 2.24) is 19.5 Å². The van der Waals surface area contributed by atoms with Crippen LogP contribution < -0.4 is 10.5 Å². The molecule has 2 aromatic rings. The quantitative estimate of drug-likeness (QED) is 0.729. The molecule has 9 heteroatoms. The Morgan fingerprint density at radius 1 is 1.33 bits per heavy atom. The lowest BCUT2D eigenvalue weighted by Crippen LogP contribution is -2.50. The summed E-state index contributed by atoms with van der Waals surface area (Å²) in [5.41, 5.74) is 5.51. The normalized spacial score (nSPS) is 32.0. The number of hydrogen-bond donors (Lipinski definition) is 3. The van der Waals surface area contributed by atoms with Crippen molar-refractivity contribution in [3.05, 3.63) is 6.33 Å². The van der Waals surface area contributed by atoms with Gasteiger partial charge < -0.3 is 25.4 Å². The second-order valence-corrected chi connectivity index (χ2v) is 7.90. The molecule has 3 heterocycles. The van der Waals surface area contributed by atoms with E-state index in [0.717, 1.165) is 25.7 Å². The molecular formula is C18H27N5O4. The van der Waals surface area contributed by atoms with E-state index in [1.54, 1.807) is 11.5 Å². The zero-order chi connectivity index (χ0) is 19.3. The van der Waals surface area contributed by atoms with Gasteiger partial charge in [0, 0.05) is 0 Å². The van der Waals surface area contributed by atoms with Crippen LogP contribution in [-0.4, -0.2) is 53.6 Å². The van der Waals surface area contributed by atoms with E-state index in [2.05, 4.69) is 15.0 Å². The summed E-state index contributed by atoms with van der Waals surface area (Å²) < 4.78 is 13.4. The summed E-state index contributed by atoms with van der Waals surface area (Å²) >= 11 is 0. The van der Waals surface area contributed by atoms with Crippen LogP contribution in [-0.2, 0) is 4.74 Å². The van der Waals surface area contributed by atoms with E-state index < -0.39 is 24.0 Å². The van der Waals surface area contributed by atoms with Gasteiger partial charge in [-0.1, -0.05) is 13.8 Å². The van der Waals surface area contributed by atoms with Crippen LogP contribution in [0.25, 0.3) is 11.2 Å². The number of nitrogen functional groups attached to an aromatic ring is 1. The van der Waals surface area contributed by atoms with Crippen LogP contribution in [0, 0.1) is 5.92 Å². The van der Waals surface area contributed by atoms with Gasteiger partial charge >= 0.3 is 6.01 Å². The summed E-state index contributed by atoms with van der Waals surface area (Å²) in [6.45, 7) is 5.46. The molecule has 1 saturated heterocycles. The molecule has 9 nitrogen and oxygen atoms in total. The number of rotatable bonds is 4. The Hall–Kier alpha value is -1.97. The molecule has 2 fully saturated rings. The number of ether oxygens (including phenoxy) is 2. The molecule has 4 atom stereocenters. The number of nitrogens with two attached hydrogens (primary N) is 1. The van der Waals surface area contributed by atoms with Crippen molar-refractivity contribution >= 4 is 17.0 Å². The maximum atomic E-state index is 11.0. The van der Waals surface area contributed by atoms with Gasteiger partial charge in [-0.2, -0.15) is 9.97 Å². The minimum atomic E-state index is -1.37. The van der Waals surface area contributed by atoms with E-state index in [1.165, 1.54) is 6.33 Å². The first-order chi connectivity index (χ1) is 12.8. The van der Waals surface area contributed by atoms with Crippen LogP contribution in [0.5, 0.6) is 6.01 Å². The SMILES string of the molecule is CC(C)[C@@]1(O)[C@@H](C)O[C@@H](n2cnc3c(N)nc(OC4CCCC4)nc32)[C@@H]1O. The number of anilines is 1.